The summed E-state index contributed by atoms with van der Waals surface area (Å²) in [4.78, 5) is 51.8. The highest BCUT2D eigenvalue weighted by molar-refractivity contribution is 8.01. The molecule has 0 bridgehead atoms. The molecule has 1 N–H and O–H groups in total. The van der Waals surface area contributed by atoms with E-state index in [1.54, 1.807) is 0 Å². The van der Waals surface area contributed by atoms with Gasteiger partial charge in [0.05, 0.1) is 18.1 Å². The average Bonchev–Trinajstić information content (AvgIpc) is 3.26. The number of ether oxygens (including phenoxy) is 2. The number of nitrogens with zero attached hydrogens (tertiary/aromatic N) is 1. The minimum absolute atomic E-state index is 0.000295. The fourth-order valence-electron chi connectivity index (χ4n) is 4.28. The fraction of sp³-hybridized carbons (Fsp3) is 0.304. The summed E-state index contributed by atoms with van der Waals surface area (Å²) >= 11 is 1.29. The summed E-state index contributed by atoms with van der Waals surface area (Å²) in [6, 6.07) is 17.5. The molecule has 0 radical (unpaired) electrons. The Balaban J connectivity index is 1.29. The van der Waals surface area contributed by atoms with Crippen LogP contribution in [0.5, 0.6) is 0 Å². The molecule has 0 aromatic heterocycles. The number of fused-ring (bicyclic) bond motifs is 3. The predicted molar refractivity (Wildman–Crippen MR) is 114 cm³/mol. The van der Waals surface area contributed by atoms with Crippen molar-refractivity contribution in [3.05, 3.63) is 71.8 Å². The SMILES string of the molecule is O=C(Cc1ccccc1)N[C@@H]1C(=O)N2[C@@H]1S[C@H]1CC(=O)O[C@]12C(=O)OCc1ccccc1. The van der Waals surface area contributed by atoms with Crippen LogP contribution in [0.2, 0.25) is 0 Å². The summed E-state index contributed by atoms with van der Waals surface area (Å²) in [6.07, 6.45) is 0.140. The topological polar surface area (TPSA) is 102 Å². The molecule has 3 aliphatic rings. The smallest absolute Gasteiger partial charge is 0.374 e. The molecule has 0 saturated carbocycles. The zero-order chi connectivity index (χ0) is 22.3. The summed E-state index contributed by atoms with van der Waals surface area (Å²) in [5, 5.41) is 1.68. The fourth-order valence-corrected chi connectivity index (χ4v) is 6.01. The lowest BCUT2D eigenvalue weighted by Gasteiger charge is -2.47. The number of amides is 2. The normalized spacial score (nSPS) is 27.8. The lowest BCUT2D eigenvalue weighted by molar-refractivity contribution is -0.208. The zero-order valence-corrected chi connectivity index (χ0v) is 17.7. The second-order valence-electron chi connectivity index (χ2n) is 7.87. The second-order valence-corrected chi connectivity index (χ2v) is 9.19. The molecule has 8 nitrogen and oxygen atoms in total. The first kappa shape index (κ1) is 20.6. The zero-order valence-electron chi connectivity index (χ0n) is 16.9. The molecular weight excluding hydrogens is 432 g/mol. The van der Waals surface area contributed by atoms with Crippen LogP contribution < -0.4 is 5.32 Å². The maximum atomic E-state index is 13.1. The Bertz CT molecular complexity index is 1080. The summed E-state index contributed by atoms with van der Waals surface area (Å²) in [6.45, 7) is 0.000295. The molecule has 0 aliphatic carbocycles. The summed E-state index contributed by atoms with van der Waals surface area (Å²) in [7, 11) is 0. The number of benzene rings is 2. The molecular formula is C23H20N2O6S. The van der Waals surface area contributed by atoms with Crippen molar-refractivity contribution < 1.29 is 28.7 Å². The monoisotopic (exact) mass is 452 g/mol. The summed E-state index contributed by atoms with van der Waals surface area (Å²) in [5.74, 6) is -2.07. The molecule has 3 fully saturated rings. The lowest BCUT2D eigenvalue weighted by atomic mass is 9.98. The van der Waals surface area contributed by atoms with Crippen molar-refractivity contribution in [1.82, 2.24) is 10.2 Å². The van der Waals surface area contributed by atoms with Crippen molar-refractivity contribution in [2.24, 2.45) is 0 Å². The first-order chi connectivity index (χ1) is 15.5. The van der Waals surface area contributed by atoms with Crippen molar-refractivity contribution in [2.75, 3.05) is 0 Å². The number of rotatable bonds is 6. The number of β-lactam (4-membered cyclic amide) rings is 1. The van der Waals surface area contributed by atoms with Gasteiger partial charge in [0.2, 0.25) is 5.91 Å². The van der Waals surface area contributed by atoms with E-state index >= 15 is 0 Å². The van der Waals surface area contributed by atoms with Gasteiger partial charge >= 0.3 is 11.9 Å². The second kappa shape index (κ2) is 7.98. The number of carbonyl (C=O) groups excluding carboxylic acids is 4. The molecule has 164 valence electrons. The minimum Gasteiger partial charge on any atom is -0.456 e. The van der Waals surface area contributed by atoms with Crippen molar-refractivity contribution in [3.8, 4) is 0 Å². The third kappa shape index (κ3) is 3.33. The van der Waals surface area contributed by atoms with E-state index in [1.807, 2.05) is 60.7 Å². The van der Waals surface area contributed by atoms with E-state index in [4.69, 9.17) is 9.47 Å². The van der Waals surface area contributed by atoms with Crippen molar-refractivity contribution in [3.63, 3.8) is 0 Å². The van der Waals surface area contributed by atoms with E-state index in [2.05, 4.69) is 5.32 Å². The van der Waals surface area contributed by atoms with Crippen molar-refractivity contribution in [1.29, 1.82) is 0 Å². The van der Waals surface area contributed by atoms with E-state index in [9.17, 15) is 19.2 Å². The van der Waals surface area contributed by atoms with Gasteiger partial charge in [-0.05, 0) is 11.1 Å². The lowest BCUT2D eigenvalue weighted by Crippen LogP contribution is -2.75. The molecule has 4 atom stereocenters. The first-order valence-electron chi connectivity index (χ1n) is 10.2. The molecule has 3 aliphatic heterocycles. The maximum Gasteiger partial charge on any atom is 0.374 e. The Kier molecular flexibility index (Phi) is 5.13. The molecule has 3 heterocycles. The van der Waals surface area contributed by atoms with Gasteiger partial charge in [-0.3, -0.25) is 19.3 Å². The number of thioether (sulfide) groups is 1. The quantitative estimate of drug-likeness (QED) is 0.522. The van der Waals surface area contributed by atoms with Gasteiger partial charge in [-0.15, -0.1) is 11.8 Å². The van der Waals surface area contributed by atoms with Crippen LogP contribution in [0.25, 0.3) is 0 Å². The average molecular weight is 452 g/mol. The number of carbonyl (C=O) groups is 4. The van der Waals surface area contributed by atoms with Gasteiger partial charge < -0.3 is 14.8 Å². The highest BCUT2D eigenvalue weighted by Gasteiger charge is 2.75. The Hall–Kier alpha value is -3.33. The predicted octanol–water partition coefficient (Wildman–Crippen LogP) is 1.38. The molecule has 32 heavy (non-hydrogen) atoms. The van der Waals surface area contributed by atoms with Gasteiger partial charge in [0.15, 0.2) is 0 Å². The number of esters is 2. The highest BCUT2D eigenvalue weighted by atomic mass is 32.2. The molecule has 3 saturated heterocycles. The van der Waals surface area contributed by atoms with Crippen LogP contribution in [0, 0.1) is 0 Å². The molecule has 2 aromatic rings. The molecule has 2 aromatic carbocycles. The molecule has 0 unspecified atom stereocenters. The largest absolute Gasteiger partial charge is 0.456 e. The van der Waals surface area contributed by atoms with Gasteiger partial charge in [-0.25, -0.2) is 4.79 Å². The summed E-state index contributed by atoms with van der Waals surface area (Å²) in [5.41, 5.74) is -0.167. The molecule has 2 amide bonds. The Morgan fingerprint density at radius 1 is 1.06 bits per heavy atom. The van der Waals surface area contributed by atoms with E-state index in [0.717, 1.165) is 11.1 Å². The standard InChI is InChI=1S/C23H20N2O6S/c26-17(11-14-7-3-1-4-8-14)24-19-20(28)25-21(19)32-16-12-18(27)31-23(16,25)22(29)30-13-15-9-5-2-6-10-15/h1-10,16,19,21H,11-13H2,(H,24,26)/t16-,19+,21+,23-/m0/s1. The van der Waals surface area contributed by atoms with Crippen LogP contribution in [0.1, 0.15) is 17.5 Å². The van der Waals surface area contributed by atoms with E-state index in [1.165, 1.54) is 16.7 Å². The molecule has 5 rings (SSSR count). The molecule has 0 spiro atoms. The first-order valence-corrected chi connectivity index (χ1v) is 11.2. The van der Waals surface area contributed by atoms with Gasteiger partial charge in [0, 0.05) is 0 Å². The molecule has 9 heteroatoms. The van der Waals surface area contributed by atoms with Crippen LogP contribution in [0.15, 0.2) is 60.7 Å². The van der Waals surface area contributed by atoms with Crippen molar-refractivity contribution in [2.45, 2.75) is 41.8 Å². The van der Waals surface area contributed by atoms with Gasteiger partial charge in [0.1, 0.15) is 18.0 Å². The van der Waals surface area contributed by atoms with Gasteiger partial charge in [-0.2, -0.15) is 0 Å². The number of hydrogen-bond acceptors (Lipinski definition) is 7. The third-order valence-corrected chi connectivity index (χ3v) is 7.37. The Labute approximate surface area is 188 Å². The van der Waals surface area contributed by atoms with E-state index < -0.39 is 40.2 Å². The van der Waals surface area contributed by atoms with E-state index in [-0.39, 0.29) is 25.4 Å². The Morgan fingerprint density at radius 3 is 2.41 bits per heavy atom. The van der Waals surface area contributed by atoms with Crippen LogP contribution in [0.3, 0.4) is 0 Å². The van der Waals surface area contributed by atoms with Crippen molar-refractivity contribution >= 4 is 35.5 Å². The van der Waals surface area contributed by atoms with Crippen LogP contribution in [-0.4, -0.2) is 51.0 Å². The third-order valence-electron chi connectivity index (χ3n) is 5.79. The number of nitrogens with one attached hydrogen (secondary N) is 1. The number of hydrogen-bond donors (Lipinski definition) is 1. The minimum atomic E-state index is -1.78. The maximum absolute atomic E-state index is 13.1. The van der Waals surface area contributed by atoms with Crippen LogP contribution in [-0.2, 0) is 41.7 Å². The van der Waals surface area contributed by atoms with Gasteiger partial charge in [-0.1, -0.05) is 60.7 Å². The van der Waals surface area contributed by atoms with Crippen LogP contribution in [0.4, 0.5) is 0 Å². The Morgan fingerprint density at radius 2 is 1.72 bits per heavy atom. The summed E-state index contributed by atoms with van der Waals surface area (Å²) < 4.78 is 10.9. The van der Waals surface area contributed by atoms with Gasteiger partial charge in [0.25, 0.3) is 11.6 Å². The van der Waals surface area contributed by atoms with Crippen LogP contribution >= 0.6 is 11.8 Å². The highest BCUT2D eigenvalue weighted by Crippen LogP contribution is 2.55. The van der Waals surface area contributed by atoms with E-state index in [0.29, 0.717) is 0 Å².